The van der Waals surface area contributed by atoms with E-state index in [1.807, 2.05) is 0 Å². The van der Waals surface area contributed by atoms with E-state index in [1.165, 1.54) is 16.7 Å². The standard InChI is InChI=1S/C24H33Si.2ClH.Hf/c1-8-24(5)22(18-13-9-10-14-18)19-15-11-12-17(4)20(16(2)3)21(19)23(24)25(6)7;;;/h9-13,15-16,20H,8,14H2,1-7H3;2*1H;/q;;;+2/p-2. The summed E-state index contributed by atoms with van der Waals surface area (Å²) in [5, 5.41) is 1.71. The molecule has 0 nitrogen and oxygen atoms in total. The van der Waals surface area contributed by atoms with Gasteiger partial charge in [-0.05, 0) is 0 Å². The molecule has 0 heterocycles. The quantitative estimate of drug-likeness (QED) is 0.288. The predicted octanol–water partition coefficient (Wildman–Crippen LogP) is 7.98. The first-order valence-corrected chi connectivity index (χ1v) is 23.7. The Balaban J connectivity index is 2.49. The van der Waals surface area contributed by atoms with Crippen molar-refractivity contribution in [3.05, 3.63) is 58.7 Å². The minimum absolute atomic E-state index is 0.0357. The van der Waals surface area contributed by atoms with Crippen molar-refractivity contribution >= 4 is 30.7 Å². The zero-order valence-corrected chi connectivity index (χ0v) is 24.4. The Kier molecular flexibility index (Phi) is 6.88. The summed E-state index contributed by atoms with van der Waals surface area (Å²) in [5.41, 5.74) is 6.07. The van der Waals surface area contributed by atoms with Crippen LogP contribution in [0.2, 0.25) is 16.3 Å². The Morgan fingerprint density at radius 3 is 2.36 bits per heavy atom. The van der Waals surface area contributed by atoms with Crippen LogP contribution < -0.4 is 0 Å². The van der Waals surface area contributed by atoms with Gasteiger partial charge in [-0.15, -0.1) is 0 Å². The van der Waals surface area contributed by atoms with Crippen LogP contribution in [-0.2, 0) is 19.1 Å². The summed E-state index contributed by atoms with van der Waals surface area (Å²) in [6.45, 7) is 16.8. The van der Waals surface area contributed by atoms with Crippen LogP contribution in [0, 0.1) is 17.3 Å². The first-order chi connectivity index (χ1) is 13.1. The normalized spacial score (nSPS) is 31.9. The fourth-order valence-electron chi connectivity index (χ4n) is 6.09. The van der Waals surface area contributed by atoms with E-state index in [0.29, 0.717) is 11.8 Å². The molecule has 0 aliphatic heterocycles. The Morgan fingerprint density at radius 1 is 1.21 bits per heavy atom. The maximum absolute atomic E-state index is 7.21. The molecular formula is C24H33Cl2HfSi. The average molecular weight is 599 g/mol. The fraction of sp³-hybridized carbons (Fsp3) is 0.542. The van der Waals surface area contributed by atoms with Crippen LogP contribution in [0.5, 0.6) is 0 Å². The Morgan fingerprint density at radius 2 is 1.89 bits per heavy atom. The third kappa shape index (κ3) is 3.12. The van der Waals surface area contributed by atoms with E-state index in [0.717, 1.165) is 12.8 Å². The van der Waals surface area contributed by atoms with Crippen LogP contribution in [0.15, 0.2) is 58.7 Å². The summed E-state index contributed by atoms with van der Waals surface area (Å²) < 4.78 is -0.145. The summed E-state index contributed by atoms with van der Waals surface area (Å²) in [4.78, 5) is 0. The van der Waals surface area contributed by atoms with Crippen LogP contribution in [0.4, 0.5) is 0 Å². The molecule has 0 amide bonds. The van der Waals surface area contributed by atoms with Gasteiger partial charge in [0.05, 0.1) is 0 Å². The van der Waals surface area contributed by atoms with E-state index < -0.39 is 27.5 Å². The topological polar surface area (TPSA) is 0 Å². The molecule has 0 saturated heterocycles. The van der Waals surface area contributed by atoms with Crippen LogP contribution in [0.3, 0.4) is 0 Å². The molecular weight excluding hydrogens is 566 g/mol. The molecule has 0 bridgehead atoms. The molecule has 0 radical (unpaired) electrons. The summed E-state index contributed by atoms with van der Waals surface area (Å²) in [6, 6.07) is 0. The molecule has 0 aromatic rings. The first-order valence-electron chi connectivity index (χ1n) is 10.5. The molecule has 3 aliphatic carbocycles. The molecule has 3 atom stereocenters. The molecule has 0 saturated carbocycles. The molecule has 3 rings (SSSR count). The summed E-state index contributed by atoms with van der Waals surface area (Å²) in [6.07, 6.45) is 15.9. The predicted molar refractivity (Wildman–Crippen MR) is 125 cm³/mol. The van der Waals surface area contributed by atoms with E-state index in [9.17, 15) is 0 Å². The summed E-state index contributed by atoms with van der Waals surface area (Å²) in [5.74, 6) is 1.02. The van der Waals surface area contributed by atoms with Crippen LogP contribution >= 0.6 is 17.2 Å². The van der Waals surface area contributed by atoms with Gasteiger partial charge in [-0.3, -0.25) is 0 Å². The van der Waals surface area contributed by atoms with Gasteiger partial charge in [0.25, 0.3) is 0 Å². The molecule has 4 heteroatoms. The second-order valence-corrected chi connectivity index (χ2v) is 24.1. The van der Waals surface area contributed by atoms with Crippen LogP contribution in [-0.4, -0.2) is 13.6 Å². The third-order valence-corrected chi connectivity index (χ3v) is 19.8. The van der Waals surface area contributed by atoms with Gasteiger partial charge in [0.15, 0.2) is 0 Å². The molecule has 0 N–H and O–H groups in total. The number of hydrogen-bond donors (Lipinski definition) is 0. The van der Waals surface area contributed by atoms with E-state index in [4.69, 9.17) is 17.2 Å². The van der Waals surface area contributed by atoms with Crippen molar-refractivity contribution in [3.63, 3.8) is 0 Å². The van der Waals surface area contributed by atoms with Gasteiger partial charge in [-0.1, -0.05) is 0 Å². The Bertz CT molecular complexity index is 852. The molecule has 0 fully saturated rings. The fourth-order valence-corrected chi connectivity index (χ4v) is 21.5. The number of halogens is 2. The molecule has 0 aromatic heterocycles. The molecule has 0 spiro atoms. The molecule has 3 aliphatic rings. The second kappa shape index (κ2) is 8.40. The van der Waals surface area contributed by atoms with Gasteiger partial charge in [-0.2, -0.15) is 0 Å². The molecule has 0 aromatic carbocycles. The molecule has 3 unspecified atom stereocenters. The maximum atomic E-state index is 7.21. The Hall–Kier alpha value is 0.237. The molecule has 151 valence electrons. The van der Waals surface area contributed by atoms with Gasteiger partial charge < -0.3 is 0 Å². The van der Waals surface area contributed by atoms with Gasteiger partial charge in [-0.25, -0.2) is 0 Å². The third-order valence-electron chi connectivity index (χ3n) is 7.18. The zero-order chi connectivity index (χ0) is 20.9. The van der Waals surface area contributed by atoms with Crippen molar-refractivity contribution in [3.8, 4) is 0 Å². The number of allylic oxidation sites excluding steroid dienone is 10. The minimum atomic E-state index is -3.01. The van der Waals surface area contributed by atoms with Crippen LogP contribution in [0.1, 0.15) is 47.5 Å². The monoisotopic (exact) mass is 599 g/mol. The van der Waals surface area contributed by atoms with E-state index in [1.54, 1.807) is 10.7 Å². The van der Waals surface area contributed by atoms with Crippen molar-refractivity contribution in [1.29, 1.82) is 0 Å². The zero-order valence-electron chi connectivity index (χ0n) is 18.3. The van der Waals surface area contributed by atoms with E-state index >= 15 is 0 Å². The van der Waals surface area contributed by atoms with Crippen molar-refractivity contribution in [2.45, 2.75) is 63.7 Å². The van der Waals surface area contributed by atoms with Gasteiger partial charge in [0, 0.05) is 0 Å². The summed E-state index contributed by atoms with van der Waals surface area (Å²) in [7, 11) is 13.8. The Labute approximate surface area is 188 Å². The van der Waals surface area contributed by atoms with Gasteiger partial charge in [0.2, 0.25) is 0 Å². The van der Waals surface area contributed by atoms with Crippen LogP contribution in [0.25, 0.3) is 0 Å². The average Bonchev–Trinajstić information content (AvgIpc) is 3.15. The van der Waals surface area contributed by atoms with E-state index in [2.05, 4.69) is 84.2 Å². The van der Waals surface area contributed by atoms with E-state index in [-0.39, 0.29) is 8.59 Å². The SMILES string of the molecule is CCC1(C)C(=[Si](C)C)C2=C(C=CC=C(C)C2C(C)C)[C]1(C1=CC=CC1)[Hf]([Cl])[Cl]. The summed E-state index contributed by atoms with van der Waals surface area (Å²) >= 11 is -3.01. The van der Waals surface area contributed by atoms with Crippen molar-refractivity contribution in [2.24, 2.45) is 17.3 Å². The van der Waals surface area contributed by atoms with Crippen molar-refractivity contribution < 1.29 is 19.1 Å². The first kappa shape index (κ1) is 22.9. The van der Waals surface area contributed by atoms with Gasteiger partial charge in [0.1, 0.15) is 0 Å². The van der Waals surface area contributed by atoms with Crippen molar-refractivity contribution in [1.82, 2.24) is 0 Å². The van der Waals surface area contributed by atoms with Crippen molar-refractivity contribution in [2.75, 3.05) is 0 Å². The molecule has 28 heavy (non-hydrogen) atoms. The van der Waals surface area contributed by atoms with Gasteiger partial charge >= 0.3 is 190 Å². The second-order valence-electron chi connectivity index (χ2n) is 9.21. The number of hydrogen-bond acceptors (Lipinski definition) is 0. The number of rotatable bonds is 4.